The lowest BCUT2D eigenvalue weighted by Gasteiger charge is -2.35. The van der Waals surface area contributed by atoms with Crippen LogP contribution in [0.2, 0.25) is 0 Å². The average molecular weight is 314 g/mol. The second kappa shape index (κ2) is 5.71. The van der Waals surface area contributed by atoms with Gasteiger partial charge in [-0.1, -0.05) is 5.16 Å². The molecule has 3 aromatic heterocycles. The van der Waals surface area contributed by atoms with E-state index in [1.54, 1.807) is 12.4 Å². The molecule has 0 aromatic carbocycles. The number of aromatic nitrogens is 5. The summed E-state index contributed by atoms with van der Waals surface area (Å²) in [5.41, 5.74) is 1.98. The summed E-state index contributed by atoms with van der Waals surface area (Å²) < 4.78 is 13.3. The smallest absolute Gasteiger partial charge is 0.257 e. The van der Waals surface area contributed by atoms with Crippen molar-refractivity contribution in [2.24, 2.45) is 0 Å². The third-order valence-electron chi connectivity index (χ3n) is 3.93. The van der Waals surface area contributed by atoms with Crippen LogP contribution in [-0.2, 0) is 11.3 Å². The third kappa shape index (κ3) is 2.82. The normalized spacial score (nSPS) is 22.7. The minimum absolute atomic E-state index is 0.0989. The van der Waals surface area contributed by atoms with Gasteiger partial charge in [-0.3, -0.25) is 14.3 Å². The van der Waals surface area contributed by atoms with Crippen molar-refractivity contribution in [2.75, 3.05) is 13.1 Å². The molecule has 23 heavy (non-hydrogen) atoms. The lowest BCUT2D eigenvalue weighted by atomic mass is 10.2. The molecule has 120 valence electrons. The van der Waals surface area contributed by atoms with Gasteiger partial charge in [-0.25, -0.2) is 4.98 Å². The summed E-state index contributed by atoms with van der Waals surface area (Å²) in [6.07, 6.45) is 7.26. The summed E-state index contributed by atoms with van der Waals surface area (Å²) in [5, 5.41) is 3.85. The molecular formula is C15H18N6O2. The first-order valence-electron chi connectivity index (χ1n) is 7.63. The second-order valence-corrected chi connectivity index (χ2v) is 5.86. The van der Waals surface area contributed by atoms with Crippen LogP contribution in [-0.4, -0.2) is 48.6 Å². The molecule has 0 unspecified atom stereocenters. The predicted molar refractivity (Wildman–Crippen MR) is 80.6 cm³/mol. The van der Waals surface area contributed by atoms with E-state index in [1.165, 1.54) is 0 Å². The molecule has 4 rings (SSSR count). The third-order valence-corrected chi connectivity index (χ3v) is 3.93. The van der Waals surface area contributed by atoms with Crippen molar-refractivity contribution < 1.29 is 9.26 Å². The Morgan fingerprint density at radius 1 is 1.30 bits per heavy atom. The zero-order chi connectivity index (χ0) is 15.8. The van der Waals surface area contributed by atoms with Gasteiger partial charge in [0.05, 0.1) is 24.2 Å². The first-order valence-corrected chi connectivity index (χ1v) is 7.63. The Labute approximate surface area is 133 Å². The van der Waals surface area contributed by atoms with E-state index < -0.39 is 0 Å². The Bertz CT molecular complexity index is 813. The number of morpholine rings is 1. The average Bonchev–Trinajstić information content (AvgIpc) is 3.14. The molecule has 8 nitrogen and oxygen atoms in total. The van der Waals surface area contributed by atoms with Crippen LogP contribution in [0, 0.1) is 6.92 Å². The Morgan fingerprint density at radius 2 is 2.22 bits per heavy atom. The first-order chi connectivity index (χ1) is 11.2. The van der Waals surface area contributed by atoms with E-state index in [2.05, 4.69) is 36.3 Å². The Kier molecular flexibility index (Phi) is 3.55. The topological polar surface area (TPSA) is 81.6 Å². The highest BCUT2D eigenvalue weighted by molar-refractivity contribution is 5.36. The summed E-state index contributed by atoms with van der Waals surface area (Å²) in [7, 11) is 0. The molecule has 0 saturated carbocycles. The van der Waals surface area contributed by atoms with Gasteiger partial charge in [0, 0.05) is 32.0 Å². The summed E-state index contributed by atoms with van der Waals surface area (Å²) in [6, 6.07) is 0. The molecule has 0 bridgehead atoms. The largest absolute Gasteiger partial charge is 0.363 e. The van der Waals surface area contributed by atoms with Crippen molar-refractivity contribution in [1.29, 1.82) is 0 Å². The van der Waals surface area contributed by atoms with Crippen LogP contribution in [0.3, 0.4) is 0 Å². The molecule has 2 atom stereocenters. The number of imidazole rings is 1. The van der Waals surface area contributed by atoms with E-state index in [1.807, 2.05) is 19.3 Å². The number of hydrogen-bond acceptors (Lipinski definition) is 7. The fourth-order valence-electron chi connectivity index (χ4n) is 2.99. The van der Waals surface area contributed by atoms with Crippen LogP contribution in [0.15, 0.2) is 29.3 Å². The molecular weight excluding hydrogens is 296 g/mol. The van der Waals surface area contributed by atoms with Gasteiger partial charge in [0.25, 0.3) is 5.89 Å². The minimum Gasteiger partial charge on any atom is -0.363 e. The predicted octanol–water partition coefficient (Wildman–Crippen LogP) is 1.38. The Hall–Kier alpha value is -2.32. The van der Waals surface area contributed by atoms with Crippen molar-refractivity contribution in [3.8, 4) is 0 Å². The van der Waals surface area contributed by atoms with Crippen molar-refractivity contribution >= 4 is 5.65 Å². The lowest BCUT2D eigenvalue weighted by Crippen LogP contribution is -2.42. The molecule has 0 radical (unpaired) electrons. The van der Waals surface area contributed by atoms with Gasteiger partial charge in [-0.15, -0.1) is 0 Å². The second-order valence-electron chi connectivity index (χ2n) is 5.86. The van der Waals surface area contributed by atoms with Crippen molar-refractivity contribution in [1.82, 2.24) is 29.4 Å². The maximum Gasteiger partial charge on any atom is 0.257 e. The standard InChI is InChI=1S/C15H18N6O2/c1-10-7-20(9-13(22-10)15-18-11(2)19-23-15)8-12-5-17-14-6-16-3-4-21(12)14/h3-6,10,13H,7-9H2,1-2H3/t10-,13-/m1/s1. The van der Waals surface area contributed by atoms with Crippen LogP contribution in [0.5, 0.6) is 0 Å². The quantitative estimate of drug-likeness (QED) is 0.722. The number of rotatable bonds is 3. The first kappa shape index (κ1) is 14.3. The Morgan fingerprint density at radius 3 is 3.04 bits per heavy atom. The molecule has 1 saturated heterocycles. The number of hydrogen-bond donors (Lipinski definition) is 0. The summed E-state index contributed by atoms with van der Waals surface area (Å²) in [5.74, 6) is 1.17. The molecule has 1 aliphatic rings. The summed E-state index contributed by atoms with van der Waals surface area (Å²) >= 11 is 0. The van der Waals surface area contributed by atoms with Crippen LogP contribution >= 0.6 is 0 Å². The highest BCUT2D eigenvalue weighted by Crippen LogP contribution is 2.25. The molecule has 0 aliphatic carbocycles. The van der Waals surface area contributed by atoms with Gasteiger partial charge in [0.1, 0.15) is 6.10 Å². The molecule has 0 spiro atoms. The van der Waals surface area contributed by atoms with Gasteiger partial charge in [0.2, 0.25) is 0 Å². The van der Waals surface area contributed by atoms with Crippen LogP contribution in [0.4, 0.5) is 0 Å². The van der Waals surface area contributed by atoms with Crippen molar-refractivity contribution in [2.45, 2.75) is 32.6 Å². The fraction of sp³-hybridized carbons (Fsp3) is 0.467. The summed E-state index contributed by atoms with van der Waals surface area (Å²) in [4.78, 5) is 15.1. The van der Waals surface area contributed by atoms with Gasteiger partial charge in [-0.2, -0.15) is 4.98 Å². The van der Waals surface area contributed by atoms with E-state index in [9.17, 15) is 0 Å². The maximum atomic E-state index is 5.95. The maximum absolute atomic E-state index is 5.95. The van der Waals surface area contributed by atoms with Crippen LogP contribution in [0.1, 0.15) is 30.4 Å². The van der Waals surface area contributed by atoms with E-state index >= 15 is 0 Å². The zero-order valence-electron chi connectivity index (χ0n) is 13.1. The SMILES string of the molecule is Cc1noc([C@H]2CN(Cc3cnc4cnccn34)C[C@@H](C)O2)n1. The minimum atomic E-state index is -0.194. The molecule has 8 heteroatoms. The lowest BCUT2D eigenvalue weighted by molar-refractivity contribution is -0.0933. The van der Waals surface area contributed by atoms with E-state index in [-0.39, 0.29) is 12.2 Å². The van der Waals surface area contributed by atoms with Crippen molar-refractivity contribution in [3.05, 3.63) is 42.2 Å². The molecule has 0 amide bonds. The molecule has 0 N–H and O–H groups in total. The fourth-order valence-corrected chi connectivity index (χ4v) is 2.99. The van der Waals surface area contributed by atoms with Crippen molar-refractivity contribution in [3.63, 3.8) is 0 Å². The summed E-state index contributed by atoms with van der Waals surface area (Å²) in [6.45, 7) is 6.21. The van der Waals surface area contributed by atoms with E-state index in [0.29, 0.717) is 18.3 Å². The molecule has 4 heterocycles. The van der Waals surface area contributed by atoms with Gasteiger partial charge in [-0.05, 0) is 13.8 Å². The highest BCUT2D eigenvalue weighted by Gasteiger charge is 2.30. The monoisotopic (exact) mass is 314 g/mol. The Balaban J connectivity index is 1.54. The van der Waals surface area contributed by atoms with Crippen LogP contribution < -0.4 is 0 Å². The zero-order valence-corrected chi connectivity index (χ0v) is 13.1. The van der Waals surface area contributed by atoms with E-state index in [0.717, 1.165) is 24.4 Å². The number of ether oxygens (including phenoxy) is 1. The van der Waals surface area contributed by atoms with Crippen LogP contribution in [0.25, 0.3) is 5.65 Å². The number of aryl methyl sites for hydroxylation is 1. The highest BCUT2D eigenvalue weighted by atomic mass is 16.5. The molecule has 1 aliphatic heterocycles. The molecule has 3 aromatic rings. The number of fused-ring (bicyclic) bond motifs is 1. The van der Waals surface area contributed by atoms with E-state index in [4.69, 9.17) is 9.26 Å². The van der Waals surface area contributed by atoms with Gasteiger partial charge < -0.3 is 9.26 Å². The molecule has 1 fully saturated rings. The van der Waals surface area contributed by atoms with Gasteiger partial charge in [0.15, 0.2) is 11.5 Å². The van der Waals surface area contributed by atoms with Gasteiger partial charge >= 0.3 is 0 Å². The number of nitrogens with zero attached hydrogens (tertiary/aromatic N) is 6.